The lowest BCUT2D eigenvalue weighted by atomic mass is 10.4. The fourth-order valence-electron chi connectivity index (χ4n) is 1.04. The molecule has 2 aromatic heterocycles. The van der Waals surface area contributed by atoms with Crippen molar-refractivity contribution in [3.05, 3.63) is 17.0 Å². The largest absolute Gasteiger partial charge is 0.237 e. The summed E-state index contributed by atoms with van der Waals surface area (Å²) in [6.45, 7) is 3.86. The summed E-state index contributed by atoms with van der Waals surface area (Å²) in [5.41, 5.74) is 3.64. The second-order valence-corrected chi connectivity index (χ2v) is 3.22. The zero-order valence-corrected chi connectivity index (χ0v) is 7.14. The third kappa shape index (κ3) is 0.991. The topological polar surface area (TPSA) is 38.7 Å². The van der Waals surface area contributed by atoms with Gasteiger partial charge in [0, 0.05) is 0 Å². The molecule has 0 fully saturated rings. The van der Waals surface area contributed by atoms with Crippen molar-refractivity contribution in [2.24, 2.45) is 0 Å². The van der Waals surface area contributed by atoms with Crippen LogP contribution in [0.15, 0.2) is 5.51 Å². The molecule has 0 saturated heterocycles. The average Bonchev–Trinajstić information content (AvgIpc) is 2.34. The SMILES string of the molecule is Cc1nc(C)c2scnc2n1. The fraction of sp³-hybridized carbons (Fsp3) is 0.286. The van der Waals surface area contributed by atoms with Gasteiger partial charge in [0.05, 0.1) is 15.9 Å². The van der Waals surface area contributed by atoms with Crippen LogP contribution in [0.5, 0.6) is 0 Å². The monoisotopic (exact) mass is 165 g/mol. The van der Waals surface area contributed by atoms with Crippen LogP contribution in [0.2, 0.25) is 0 Å². The molecule has 0 radical (unpaired) electrons. The van der Waals surface area contributed by atoms with Gasteiger partial charge in [-0.05, 0) is 13.8 Å². The van der Waals surface area contributed by atoms with Crippen LogP contribution >= 0.6 is 11.3 Å². The summed E-state index contributed by atoms with van der Waals surface area (Å²) in [5.74, 6) is 0.793. The van der Waals surface area contributed by atoms with Crippen LogP contribution in [-0.2, 0) is 0 Å². The van der Waals surface area contributed by atoms with E-state index < -0.39 is 0 Å². The Morgan fingerprint density at radius 3 is 2.91 bits per heavy atom. The molecule has 0 N–H and O–H groups in total. The van der Waals surface area contributed by atoms with Gasteiger partial charge in [0.25, 0.3) is 0 Å². The highest BCUT2D eigenvalue weighted by atomic mass is 32.1. The van der Waals surface area contributed by atoms with Crippen molar-refractivity contribution in [2.45, 2.75) is 13.8 Å². The molecule has 56 valence electrons. The Morgan fingerprint density at radius 2 is 2.09 bits per heavy atom. The minimum Gasteiger partial charge on any atom is -0.237 e. The van der Waals surface area contributed by atoms with Crippen LogP contribution in [0.4, 0.5) is 0 Å². The molecule has 0 aliphatic carbocycles. The Bertz CT molecular complexity index is 393. The van der Waals surface area contributed by atoms with Crippen molar-refractivity contribution in [1.29, 1.82) is 0 Å². The summed E-state index contributed by atoms with van der Waals surface area (Å²) in [4.78, 5) is 12.5. The summed E-state index contributed by atoms with van der Waals surface area (Å²) in [7, 11) is 0. The van der Waals surface area contributed by atoms with E-state index in [-0.39, 0.29) is 0 Å². The first kappa shape index (κ1) is 6.67. The van der Waals surface area contributed by atoms with Crippen LogP contribution in [-0.4, -0.2) is 15.0 Å². The molecule has 3 nitrogen and oxygen atoms in total. The number of hydrogen-bond acceptors (Lipinski definition) is 4. The molecular formula is C7H7N3S. The van der Waals surface area contributed by atoms with Gasteiger partial charge in [0.2, 0.25) is 0 Å². The van der Waals surface area contributed by atoms with Gasteiger partial charge in [-0.1, -0.05) is 0 Å². The van der Waals surface area contributed by atoms with E-state index in [9.17, 15) is 0 Å². The number of aryl methyl sites for hydroxylation is 2. The maximum atomic E-state index is 4.23. The Morgan fingerprint density at radius 1 is 1.27 bits per heavy atom. The van der Waals surface area contributed by atoms with Crippen molar-refractivity contribution < 1.29 is 0 Å². The first-order valence-corrected chi connectivity index (χ1v) is 4.20. The predicted octanol–water partition coefficient (Wildman–Crippen LogP) is 1.70. The average molecular weight is 165 g/mol. The highest BCUT2D eigenvalue weighted by Gasteiger charge is 2.02. The second kappa shape index (κ2) is 2.23. The third-order valence-electron chi connectivity index (χ3n) is 1.47. The lowest BCUT2D eigenvalue weighted by molar-refractivity contribution is 1.04. The van der Waals surface area contributed by atoms with Gasteiger partial charge in [-0.15, -0.1) is 11.3 Å². The molecule has 0 bridgehead atoms. The van der Waals surface area contributed by atoms with E-state index in [0.29, 0.717) is 0 Å². The molecule has 0 aliphatic heterocycles. The molecule has 0 aromatic carbocycles. The van der Waals surface area contributed by atoms with E-state index in [4.69, 9.17) is 0 Å². The summed E-state index contributed by atoms with van der Waals surface area (Å²) < 4.78 is 1.09. The summed E-state index contributed by atoms with van der Waals surface area (Å²) in [5, 5.41) is 0. The Hall–Kier alpha value is -1.03. The first-order chi connectivity index (χ1) is 5.27. The standard InChI is InChI=1S/C7H7N3S/c1-4-6-7(8-3-11-6)10-5(2)9-4/h3H,1-2H3. The van der Waals surface area contributed by atoms with E-state index in [1.807, 2.05) is 13.8 Å². The molecule has 0 saturated carbocycles. The molecule has 2 heterocycles. The van der Waals surface area contributed by atoms with E-state index in [0.717, 1.165) is 21.9 Å². The van der Waals surface area contributed by atoms with Crippen molar-refractivity contribution in [3.63, 3.8) is 0 Å². The molecule has 0 unspecified atom stereocenters. The van der Waals surface area contributed by atoms with Gasteiger partial charge >= 0.3 is 0 Å². The molecule has 4 heteroatoms. The zero-order chi connectivity index (χ0) is 7.84. The molecule has 11 heavy (non-hydrogen) atoms. The van der Waals surface area contributed by atoms with Gasteiger partial charge in [-0.2, -0.15) is 0 Å². The van der Waals surface area contributed by atoms with Crippen LogP contribution in [0.1, 0.15) is 11.5 Å². The predicted molar refractivity (Wildman–Crippen MR) is 44.7 cm³/mol. The molecule has 0 atom stereocenters. The van der Waals surface area contributed by atoms with Crippen molar-refractivity contribution >= 4 is 21.7 Å². The minimum absolute atomic E-state index is 0.793. The van der Waals surface area contributed by atoms with E-state index >= 15 is 0 Å². The Balaban J connectivity index is 2.91. The van der Waals surface area contributed by atoms with Crippen LogP contribution in [0.25, 0.3) is 10.3 Å². The summed E-state index contributed by atoms with van der Waals surface area (Å²) in [6, 6.07) is 0. The minimum atomic E-state index is 0.793. The second-order valence-electron chi connectivity index (χ2n) is 2.36. The first-order valence-electron chi connectivity index (χ1n) is 3.32. The third-order valence-corrected chi connectivity index (χ3v) is 2.40. The maximum Gasteiger partial charge on any atom is 0.174 e. The molecule has 0 spiro atoms. The Kier molecular flexibility index (Phi) is 1.35. The van der Waals surface area contributed by atoms with Gasteiger partial charge < -0.3 is 0 Å². The highest BCUT2D eigenvalue weighted by Crippen LogP contribution is 2.17. The molecule has 2 aromatic rings. The number of aromatic nitrogens is 3. The lowest BCUT2D eigenvalue weighted by Crippen LogP contribution is -1.90. The fourth-order valence-corrected chi connectivity index (χ4v) is 1.72. The number of hydrogen-bond donors (Lipinski definition) is 0. The smallest absolute Gasteiger partial charge is 0.174 e. The van der Waals surface area contributed by atoms with E-state index in [1.54, 1.807) is 16.8 Å². The van der Waals surface area contributed by atoms with Gasteiger partial charge in [0.1, 0.15) is 5.82 Å². The summed E-state index contributed by atoms with van der Waals surface area (Å²) in [6.07, 6.45) is 0. The van der Waals surface area contributed by atoms with Crippen molar-refractivity contribution in [1.82, 2.24) is 15.0 Å². The highest BCUT2D eigenvalue weighted by molar-refractivity contribution is 7.16. The van der Waals surface area contributed by atoms with E-state index in [2.05, 4.69) is 15.0 Å². The number of thiazole rings is 1. The zero-order valence-electron chi connectivity index (χ0n) is 6.33. The Labute approximate surface area is 68.1 Å². The quantitative estimate of drug-likeness (QED) is 0.596. The lowest BCUT2D eigenvalue weighted by Gasteiger charge is -1.94. The number of nitrogens with zero attached hydrogens (tertiary/aromatic N) is 3. The number of rotatable bonds is 0. The van der Waals surface area contributed by atoms with Gasteiger partial charge in [-0.3, -0.25) is 0 Å². The molecular weight excluding hydrogens is 158 g/mol. The maximum absolute atomic E-state index is 4.23. The van der Waals surface area contributed by atoms with Gasteiger partial charge in [-0.25, -0.2) is 15.0 Å². The van der Waals surface area contributed by atoms with Crippen molar-refractivity contribution in [3.8, 4) is 0 Å². The number of fused-ring (bicyclic) bond motifs is 1. The van der Waals surface area contributed by atoms with Crippen LogP contribution in [0, 0.1) is 13.8 Å². The summed E-state index contributed by atoms with van der Waals surface area (Å²) >= 11 is 1.59. The van der Waals surface area contributed by atoms with Crippen LogP contribution < -0.4 is 0 Å². The normalized spacial score (nSPS) is 10.7. The molecule has 0 aliphatic rings. The molecule has 0 amide bonds. The molecule has 2 rings (SSSR count). The van der Waals surface area contributed by atoms with Crippen molar-refractivity contribution in [2.75, 3.05) is 0 Å². The van der Waals surface area contributed by atoms with Crippen LogP contribution in [0.3, 0.4) is 0 Å². The van der Waals surface area contributed by atoms with Gasteiger partial charge in [0.15, 0.2) is 5.65 Å². The van der Waals surface area contributed by atoms with E-state index in [1.165, 1.54) is 0 Å².